The molecule has 0 radical (unpaired) electrons. The summed E-state index contributed by atoms with van der Waals surface area (Å²) in [5.74, 6) is 0.393. The molecule has 3 heterocycles. The van der Waals surface area contributed by atoms with Crippen molar-refractivity contribution >= 4 is 5.91 Å². The Morgan fingerprint density at radius 3 is 2.35 bits per heavy atom. The lowest BCUT2D eigenvalue weighted by Gasteiger charge is -2.44. The van der Waals surface area contributed by atoms with E-state index in [1.807, 2.05) is 18.2 Å². The SMILES string of the molecule is Cn1cccc1[C@H]1[C@H](CN2CCCCC2)c2ccccc2C(=O)N1Cc1ccccc1. The molecule has 3 aromatic rings. The van der Waals surface area contributed by atoms with Gasteiger partial charge in [0.1, 0.15) is 0 Å². The molecule has 2 aromatic carbocycles. The Labute approximate surface area is 185 Å². The Morgan fingerprint density at radius 2 is 1.61 bits per heavy atom. The molecule has 1 fully saturated rings. The molecular weight excluding hydrogens is 382 g/mol. The topological polar surface area (TPSA) is 28.5 Å². The number of hydrogen-bond donors (Lipinski definition) is 0. The summed E-state index contributed by atoms with van der Waals surface area (Å²) in [6.07, 6.45) is 5.97. The predicted molar refractivity (Wildman–Crippen MR) is 124 cm³/mol. The molecule has 0 aliphatic carbocycles. The highest BCUT2D eigenvalue weighted by Crippen LogP contribution is 2.44. The first kappa shape index (κ1) is 20.1. The van der Waals surface area contributed by atoms with E-state index >= 15 is 0 Å². The van der Waals surface area contributed by atoms with Crippen LogP contribution in [0.3, 0.4) is 0 Å². The molecule has 2 aliphatic rings. The van der Waals surface area contributed by atoms with Crippen LogP contribution in [0.5, 0.6) is 0 Å². The number of amides is 1. The second-order valence-corrected chi connectivity index (χ2v) is 8.96. The van der Waals surface area contributed by atoms with E-state index < -0.39 is 0 Å². The Morgan fingerprint density at radius 1 is 0.871 bits per heavy atom. The monoisotopic (exact) mass is 413 g/mol. The quantitative estimate of drug-likeness (QED) is 0.589. The maximum atomic E-state index is 13.8. The van der Waals surface area contributed by atoms with Gasteiger partial charge in [-0.2, -0.15) is 0 Å². The summed E-state index contributed by atoms with van der Waals surface area (Å²) >= 11 is 0. The van der Waals surface area contributed by atoms with Gasteiger partial charge in [0.2, 0.25) is 0 Å². The number of carbonyl (C=O) groups is 1. The first-order valence-electron chi connectivity index (χ1n) is 11.5. The van der Waals surface area contributed by atoms with Gasteiger partial charge >= 0.3 is 0 Å². The summed E-state index contributed by atoms with van der Waals surface area (Å²) in [6.45, 7) is 3.93. The highest BCUT2D eigenvalue weighted by molar-refractivity contribution is 5.97. The second-order valence-electron chi connectivity index (χ2n) is 8.96. The van der Waals surface area contributed by atoms with Gasteiger partial charge in [0.25, 0.3) is 5.91 Å². The van der Waals surface area contributed by atoms with Crippen LogP contribution in [0.2, 0.25) is 0 Å². The fourth-order valence-corrected chi connectivity index (χ4v) is 5.40. The average Bonchev–Trinajstić information content (AvgIpc) is 3.24. The van der Waals surface area contributed by atoms with Crippen LogP contribution in [-0.4, -0.2) is 39.9 Å². The van der Waals surface area contributed by atoms with Crippen molar-refractivity contribution in [1.82, 2.24) is 14.4 Å². The third-order valence-electron chi connectivity index (χ3n) is 6.95. The Hall–Kier alpha value is -2.85. The molecule has 0 bridgehead atoms. The van der Waals surface area contributed by atoms with Crippen LogP contribution in [0.25, 0.3) is 0 Å². The number of piperidine rings is 1. The van der Waals surface area contributed by atoms with Gasteiger partial charge in [0.15, 0.2) is 0 Å². The highest BCUT2D eigenvalue weighted by Gasteiger charge is 2.42. The van der Waals surface area contributed by atoms with Gasteiger partial charge in [0.05, 0.1) is 6.04 Å². The number of fused-ring (bicyclic) bond motifs is 1. The van der Waals surface area contributed by atoms with E-state index in [1.54, 1.807) is 0 Å². The molecule has 0 spiro atoms. The smallest absolute Gasteiger partial charge is 0.255 e. The number of aromatic nitrogens is 1. The predicted octanol–water partition coefficient (Wildman–Crippen LogP) is 4.99. The van der Waals surface area contributed by atoms with Crippen LogP contribution < -0.4 is 0 Å². The molecule has 0 saturated carbocycles. The van der Waals surface area contributed by atoms with Gasteiger partial charge in [-0.3, -0.25) is 4.79 Å². The molecule has 4 nitrogen and oxygen atoms in total. The Bertz CT molecular complexity index is 1040. The minimum absolute atomic E-state index is 0.0181. The molecule has 1 aromatic heterocycles. The minimum Gasteiger partial charge on any atom is -0.353 e. The highest BCUT2D eigenvalue weighted by atomic mass is 16.2. The van der Waals surface area contributed by atoms with Crippen molar-refractivity contribution < 1.29 is 4.79 Å². The van der Waals surface area contributed by atoms with Crippen LogP contribution in [0, 0.1) is 0 Å². The van der Waals surface area contributed by atoms with Gasteiger partial charge < -0.3 is 14.4 Å². The number of benzene rings is 2. The Balaban J connectivity index is 1.60. The first-order valence-corrected chi connectivity index (χ1v) is 11.5. The normalized spacial score (nSPS) is 21.8. The number of rotatable bonds is 5. The summed E-state index contributed by atoms with van der Waals surface area (Å²) in [5, 5.41) is 0. The number of nitrogens with zero attached hydrogens (tertiary/aromatic N) is 3. The van der Waals surface area contributed by atoms with E-state index in [0.29, 0.717) is 6.54 Å². The molecule has 31 heavy (non-hydrogen) atoms. The summed E-state index contributed by atoms with van der Waals surface area (Å²) in [5.41, 5.74) is 4.45. The van der Waals surface area contributed by atoms with Crippen molar-refractivity contribution in [2.45, 2.75) is 37.8 Å². The molecule has 2 aliphatic heterocycles. The van der Waals surface area contributed by atoms with Crippen molar-refractivity contribution in [3.05, 3.63) is 95.3 Å². The molecule has 2 atom stereocenters. The van der Waals surface area contributed by atoms with E-state index in [4.69, 9.17) is 0 Å². The molecule has 160 valence electrons. The summed E-state index contributed by atoms with van der Waals surface area (Å²) in [4.78, 5) is 18.5. The average molecular weight is 414 g/mol. The lowest BCUT2D eigenvalue weighted by Crippen LogP contribution is -2.46. The number of aryl methyl sites for hydroxylation is 1. The minimum atomic E-state index is 0.0181. The molecule has 0 unspecified atom stereocenters. The lowest BCUT2D eigenvalue weighted by molar-refractivity contribution is 0.0538. The summed E-state index contributed by atoms with van der Waals surface area (Å²) in [7, 11) is 2.10. The van der Waals surface area contributed by atoms with Crippen molar-refractivity contribution in [2.75, 3.05) is 19.6 Å². The number of carbonyl (C=O) groups excluding carboxylic acids is 1. The van der Waals surface area contributed by atoms with Crippen LogP contribution in [0.1, 0.15) is 58.4 Å². The largest absolute Gasteiger partial charge is 0.353 e. The zero-order valence-electron chi connectivity index (χ0n) is 18.3. The van der Waals surface area contributed by atoms with E-state index in [1.165, 1.54) is 36.1 Å². The maximum absolute atomic E-state index is 13.8. The van der Waals surface area contributed by atoms with Crippen LogP contribution in [-0.2, 0) is 13.6 Å². The number of hydrogen-bond acceptors (Lipinski definition) is 2. The zero-order chi connectivity index (χ0) is 21.2. The standard InChI is InChI=1S/C27H31N3O/c1-28-16-10-15-25(28)26-24(20-29-17-8-3-9-18-29)22-13-6-7-14-23(22)27(31)30(26)19-21-11-4-2-5-12-21/h2,4-7,10-16,24,26H,3,8-9,17-20H2,1H3/t24-,26-/m1/s1. The summed E-state index contributed by atoms with van der Waals surface area (Å²) in [6, 6.07) is 23.0. The van der Waals surface area contributed by atoms with E-state index in [2.05, 4.69) is 76.1 Å². The molecule has 4 heteroatoms. The van der Waals surface area contributed by atoms with Gasteiger partial charge in [-0.15, -0.1) is 0 Å². The first-order chi connectivity index (χ1) is 15.2. The molecule has 0 N–H and O–H groups in total. The fourth-order valence-electron chi connectivity index (χ4n) is 5.40. The van der Waals surface area contributed by atoms with Gasteiger partial charge in [-0.05, 0) is 55.3 Å². The third-order valence-corrected chi connectivity index (χ3v) is 6.95. The van der Waals surface area contributed by atoms with E-state index in [9.17, 15) is 4.79 Å². The van der Waals surface area contributed by atoms with Crippen LogP contribution in [0.4, 0.5) is 0 Å². The van der Waals surface area contributed by atoms with Crippen LogP contribution >= 0.6 is 0 Å². The maximum Gasteiger partial charge on any atom is 0.255 e. The van der Waals surface area contributed by atoms with Gasteiger partial charge in [-0.25, -0.2) is 0 Å². The molecule has 5 rings (SSSR count). The van der Waals surface area contributed by atoms with Crippen molar-refractivity contribution in [3.63, 3.8) is 0 Å². The van der Waals surface area contributed by atoms with Crippen LogP contribution in [0.15, 0.2) is 72.9 Å². The molecule has 1 saturated heterocycles. The molecular formula is C27H31N3O. The van der Waals surface area contributed by atoms with Crippen molar-refractivity contribution in [2.24, 2.45) is 7.05 Å². The third kappa shape index (κ3) is 3.92. The second kappa shape index (κ2) is 8.72. The van der Waals surface area contributed by atoms with E-state index in [-0.39, 0.29) is 17.9 Å². The van der Waals surface area contributed by atoms with E-state index in [0.717, 1.165) is 25.2 Å². The Kier molecular flexibility index (Phi) is 5.65. The zero-order valence-corrected chi connectivity index (χ0v) is 18.3. The van der Waals surface area contributed by atoms with Crippen molar-refractivity contribution in [1.29, 1.82) is 0 Å². The number of likely N-dealkylation sites (tertiary alicyclic amines) is 1. The fraction of sp³-hybridized carbons (Fsp3) is 0.370. The van der Waals surface area contributed by atoms with Crippen molar-refractivity contribution in [3.8, 4) is 0 Å². The summed E-state index contributed by atoms with van der Waals surface area (Å²) < 4.78 is 2.19. The van der Waals surface area contributed by atoms with Gasteiger partial charge in [-0.1, -0.05) is 55.0 Å². The lowest BCUT2D eigenvalue weighted by atomic mass is 9.80. The van der Waals surface area contributed by atoms with Gasteiger partial charge in [0, 0.05) is 43.5 Å². The molecule has 1 amide bonds.